The molecule has 1 heterocycles. The first-order valence-electron chi connectivity index (χ1n) is 10.8. The fourth-order valence-corrected chi connectivity index (χ4v) is 5.29. The summed E-state index contributed by atoms with van der Waals surface area (Å²) >= 11 is 0. The second kappa shape index (κ2) is 10.2. The summed E-state index contributed by atoms with van der Waals surface area (Å²) in [4.78, 5) is 28.2. The van der Waals surface area contributed by atoms with E-state index in [1.807, 2.05) is 19.0 Å². The van der Waals surface area contributed by atoms with Crippen molar-refractivity contribution in [1.82, 2.24) is 14.5 Å². The van der Waals surface area contributed by atoms with E-state index in [1.54, 1.807) is 12.1 Å². The van der Waals surface area contributed by atoms with Gasteiger partial charge < -0.3 is 15.1 Å². The number of carbonyl (C=O) groups is 2. The van der Waals surface area contributed by atoms with Crippen LogP contribution in [0.4, 0.5) is 18.9 Å². The first kappa shape index (κ1) is 26.5. The Bertz CT molecular complexity index is 1170. The van der Waals surface area contributed by atoms with Crippen molar-refractivity contribution >= 4 is 27.5 Å². The Kier molecular flexibility index (Phi) is 7.75. The molecule has 2 amide bonds. The molecule has 35 heavy (non-hydrogen) atoms. The van der Waals surface area contributed by atoms with Gasteiger partial charge in [0, 0.05) is 52.9 Å². The van der Waals surface area contributed by atoms with Crippen LogP contribution in [0.15, 0.2) is 53.4 Å². The molecule has 12 heteroatoms. The third-order valence-electron chi connectivity index (χ3n) is 5.79. The minimum absolute atomic E-state index is 0.0138. The molecule has 0 saturated carbocycles. The molecule has 1 fully saturated rings. The van der Waals surface area contributed by atoms with Crippen LogP contribution < -0.4 is 10.2 Å². The number of nitrogens with one attached hydrogen (secondary N) is 1. The van der Waals surface area contributed by atoms with Gasteiger partial charge in [0.15, 0.2) is 0 Å². The summed E-state index contributed by atoms with van der Waals surface area (Å²) in [5, 5.41) is 2.59. The lowest BCUT2D eigenvalue weighted by Crippen LogP contribution is -2.61. The zero-order valence-corrected chi connectivity index (χ0v) is 20.4. The van der Waals surface area contributed by atoms with E-state index in [9.17, 15) is 31.2 Å². The second-order valence-electron chi connectivity index (χ2n) is 8.40. The Labute approximate surface area is 202 Å². The third kappa shape index (κ3) is 6.12. The fraction of sp³-hybridized carbons (Fsp3) is 0.391. The highest BCUT2D eigenvalue weighted by atomic mass is 32.2. The van der Waals surface area contributed by atoms with Gasteiger partial charge in [-0.05, 0) is 42.0 Å². The average molecular weight is 513 g/mol. The number of piperazine rings is 1. The number of sulfonamides is 1. The predicted molar refractivity (Wildman–Crippen MR) is 124 cm³/mol. The zero-order chi connectivity index (χ0) is 26.0. The number of amides is 2. The quantitative estimate of drug-likeness (QED) is 0.642. The number of rotatable bonds is 6. The molecule has 0 radical (unpaired) electrons. The molecular weight excluding hydrogens is 485 g/mol. The van der Waals surface area contributed by atoms with Crippen LogP contribution in [0.3, 0.4) is 0 Å². The summed E-state index contributed by atoms with van der Waals surface area (Å²) in [6.07, 6.45) is -4.47. The van der Waals surface area contributed by atoms with Crippen molar-refractivity contribution in [2.45, 2.75) is 30.6 Å². The summed E-state index contributed by atoms with van der Waals surface area (Å²) < 4.78 is 66.1. The minimum Gasteiger partial charge on any atom is -0.378 e. The largest absolute Gasteiger partial charge is 0.416 e. The lowest BCUT2D eigenvalue weighted by Gasteiger charge is -2.39. The molecule has 2 aromatic rings. The van der Waals surface area contributed by atoms with Crippen LogP contribution in [0.5, 0.6) is 0 Å². The molecule has 1 aliphatic heterocycles. The highest BCUT2D eigenvalue weighted by molar-refractivity contribution is 7.89. The maximum absolute atomic E-state index is 13.4. The molecule has 8 nitrogen and oxygen atoms in total. The maximum atomic E-state index is 13.4. The molecule has 1 aliphatic rings. The standard InChI is InChI=1S/C23H27F3N4O4S/c1-16(31)29-12-13-30(35(33,34)20-10-8-19(9-11-20)28(2)3)21(15-29)22(32)27-14-17-4-6-18(7-5-17)23(24,25)26/h4-11,21H,12-15H2,1-3H3,(H,27,32). The Morgan fingerprint density at radius 1 is 1.03 bits per heavy atom. The van der Waals surface area contributed by atoms with Gasteiger partial charge in [-0.15, -0.1) is 0 Å². The molecule has 0 aliphatic carbocycles. The smallest absolute Gasteiger partial charge is 0.378 e. The molecule has 3 rings (SSSR count). The van der Waals surface area contributed by atoms with Crippen LogP contribution >= 0.6 is 0 Å². The second-order valence-corrected chi connectivity index (χ2v) is 10.3. The van der Waals surface area contributed by atoms with Gasteiger partial charge in [-0.25, -0.2) is 8.42 Å². The van der Waals surface area contributed by atoms with E-state index in [4.69, 9.17) is 0 Å². The fourth-order valence-electron chi connectivity index (χ4n) is 3.72. The monoisotopic (exact) mass is 512 g/mol. The van der Waals surface area contributed by atoms with E-state index in [0.717, 1.165) is 22.1 Å². The number of halogens is 3. The van der Waals surface area contributed by atoms with Crippen molar-refractivity contribution in [1.29, 1.82) is 0 Å². The average Bonchev–Trinajstić information content (AvgIpc) is 2.81. The number of hydrogen-bond acceptors (Lipinski definition) is 5. The minimum atomic E-state index is -4.47. The topological polar surface area (TPSA) is 90.0 Å². The van der Waals surface area contributed by atoms with E-state index in [2.05, 4.69) is 5.32 Å². The molecule has 2 aromatic carbocycles. The van der Waals surface area contributed by atoms with Crippen molar-refractivity contribution in [2.75, 3.05) is 38.6 Å². The molecule has 190 valence electrons. The summed E-state index contributed by atoms with van der Waals surface area (Å²) in [6, 6.07) is 9.33. The molecule has 1 N–H and O–H groups in total. The van der Waals surface area contributed by atoms with Gasteiger partial charge in [0.25, 0.3) is 0 Å². The van der Waals surface area contributed by atoms with Crippen LogP contribution in [0.25, 0.3) is 0 Å². The highest BCUT2D eigenvalue weighted by Crippen LogP contribution is 2.29. The summed E-state index contributed by atoms with van der Waals surface area (Å²) in [7, 11) is -0.420. The Balaban J connectivity index is 1.80. The van der Waals surface area contributed by atoms with E-state index in [1.165, 1.54) is 36.1 Å². The SMILES string of the molecule is CC(=O)N1CCN(S(=O)(=O)c2ccc(N(C)C)cc2)C(C(=O)NCc2ccc(C(F)(F)F)cc2)C1. The van der Waals surface area contributed by atoms with Gasteiger partial charge in [0.1, 0.15) is 6.04 Å². The third-order valence-corrected chi connectivity index (χ3v) is 7.71. The van der Waals surface area contributed by atoms with Crippen molar-refractivity contribution in [3.8, 4) is 0 Å². The summed E-state index contributed by atoms with van der Waals surface area (Å²) in [5.74, 6) is -0.942. The van der Waals surface area contributed by atoms with Gasteiger partial charge in [0.05, 0.1) is 10.5 Å². The molecular formula is C23H27F3N4O4S. The van der Waals surface area contributed by atoms with E-state index < -0.39 is 33.7 Å². The normalized spacial score (nSPS) is 17.2. The van der Waals surface area contributed by atoms with Crippen molar-refractivity contribution in [3.63, 3.8) is 0 Å². The number of benzene rings is 2. The van der Waals surface area contributed by atoms with Gasteiger partial charge >= 0.3 is 6.18 Å². The van der Waals surface area contributed by atoms with E-state index in [-0.39, 0.29) is 37.0 Å². The molecule has 1 atom stereocenters. The molecule has 0 spiro atoms. The number of carbonyl (C=O) groups excluding carboxylic acids is 2. The maximum Gasteiger partial charge on any atom is 0.416 e. The first-order valence-corrected chi connectivity index (χ1v) is 12.2. The van der Waals surface area contributed by atoms with Gasteiger partial charge in [-0.3, -0.25) is 9.59 Å². The predicted octanol–water partition coefficient (Wildman–Crippen LogP) is 2.31. The Morgan fingerprint density at radius 2 is 1.63 bits per heavy atom. The lowest BCUT2D eigenvalue weighted by atomic mass is 10.1. The first-order chi connectivity index (χ1) is 16.3. The van der Waals surface area contributed by atoms with Crippen LogP contribution in [-0.4, -0.2) is 69.2 Å². The Hall–Kier alpha value is -3.12. The summed E-state index contributed by atoms with van der Waals surface area (Å²) in [5.41, 5.74) is 0.407. The summed E-state index contributed by atoms with van der Waals surface area (Å²) in [6.45, 7) is 1.16. The molecule has 1 unspecified atom stereocenters. The molecule has 1 saturated heterocycles. The van der Waals surface area contributed by atoms with E-state index >= 15 is 0 Å². The number of nitrogens with zero attached hydrogens (tertiary/aromatic N) is 3. The zero-order valence-electron chi connectivity index (χ0n) is 19.5. The van der Waals surface area contributed by atoms with Crippen LogP contribution in [0, 0.1) is 0 Å². The van der Waals surface area contributed by atoms with Crippen LogP contribution in [0.1, 0.15) is 18.1 Å². The molecule has 0 bridgehead atoms. The van der Waals surface area contributed by atoms with Crippen LogP contribution in [0.2, 0.25) is 0 Å². The van der Waals surface area contributed by atoms with Crippen molar-refractivity contribution < 1.29 is 31.2 Å². The lowest BCUT2D eigenvalue weighted by molar-refractivity contribution is -0.138. The molecule has 0 aromatic heterocycles. The van der Waals surface area contributed by atoms with Crippen LogP contribution in [-0.2, 0) is 32.3 Å². The van der Waals surface area contributed by atoms with Gasteiger partial charge in [0.2, 0.25) is 21.8 Å². The van der Waals surface area contributed by atoms with Gasteiger partial charge in [-0.1, -0.05) is 12.1 Å². The van der Waals surface area contributed by atoms with Crippen molar-refractivity contribution in [3.05, 3.63) is 59.7 Å². The van der Waals surface area contributed by atoms with E-state index in [0.29, 0.717) is 5.56 Å². The number of hydrogen-bond donors (Lipinski definition) is 1. The van der Waals surface area contributed by atoms with Crippen molar-refractivity contribution in [2.24, 2.45) is 0 Å². The van der Waals surface area contributed by atoms with Gasteiger partial charge in [-0.2, -0.15) is 17.5 Å². The highest BCUT2D eigenvalue weighted by Gasteiger charge is 2.40. The Morgan fingerprint density at radius 3 is 2.14 bits per heavy atom. The number of alkyl halides is 3. The number of anilines is 1.